The third-order valence-corrected chi connectivity index (χ3v) is 2.27. The van der Waals surface area contributed by atoms with Gasteiger partial charge in [-0.05, 0) is 38.1 Å². The molecule has 2 amide bonds. The van der Waals surface area contributed by atoms with Gasteiger partial charge in [-0.2, -0.15) is 0 Å². The first-order chi connectivity index (χ1) is 8.40. The number of carboxylic acid groups (broad SMARTS) is 1. The molecule has 1 rings (SSSR count). The van der Waals surface area contributed by atoms with Crippen LogP contribution in [-0.4, -0.2) is 28.9 Å². The van der Waals surface area contributed by atoms with Gasteiger partial charge in [0.25, 0.3) is 0 Å². The number of carbonyl (C=O) groups excluding carboxylic acids is 2. The number of Topliss-reactive ketones (excluding diaryl/α,β-unsaturated/α-hetero) is 1. The van der Waals surface area contributed by atoms with Crippen LogP contribution < -0.4 is 10.6 Å². The lowest BCUT2D eigenvalue weighted by molar-refractivity contribution is -0.138. The van der Waals surface area contributed by atoms with Gasteiger partial charge in [0.05, 0.1) is 0 Å². The van der Waals surface area contributed by atoms with Crippen LogP contribution in [-0.2, 0) is 4.79 Å². The van der Waals surface area contributed by atoms with Crippen LogP contribution in [0.15, 0.2) is 24.3 Å². The molecule has 0 aliphatic heterocycles. The summed E-state index contributed by atoms with van der Waals surface area (Å²) >= 11 is 0. The first-order valence-electron chi connectivity index (χ1n) is 5.31. The van der Waals surface area contributed by atoms with E-state index in [2.05, 4.69) is 10.6 Å². The molecule has 0 unspecified atom stereocenters. The number of rotatable bonds is 4. The predicted octanol–water partition coefficient (Wildman–Crippen LogP) is 1.48. The second-order valence-corrected chi connectivity index (χ2v) is 3.79. The Morgan fingerprint density at radius 3 is 2.17 bits per heavy atom. The quantitative estimate of drug-likeness (QED) is 0.705. The summed E-state index contributed by atoms with van der Waals surface area (Å²) in [5, 5.41) is 13.3. The molecule has 0 fully saturated rings. The van der Waals surface area contributed by atoms with Crippen LogP contribution in [0, 0.1) is 0 Å². The van der Waals surface area contributed by atoms with Gasteiger partial charge in [-0.25, -0.2) is 4.79 Å². The summed E-state index contributed by atoms with van der Waals surface area (Å²) in [4.78, 5) is 33.0. The molecule has 0 radical (unpaired) electrons. The van der Waals surface area contributed by atoms with E-state index in [9.17, 15) is 14.4 Å². The number of carboxylic acids is 1. The Kier molecular flexibility index (Phi) is 4.42. The van der Waals surface area contributed by atoms with Gasteiger partial charge in [-0.15, -0.1) is 0 Å². The first kappa shape index (κ1) is 13.7. The Morgan fingerprint density at radius 1 is 1.17 bits per heavy atom. The lowest BCUT2D eigenvalue weighted by Gasteiger charge is -2.10. The number of aliphatic carboxylic acids is 1. The Labute approximate surface area is 104 Å². The smallest absolute Gasteiger partial charge is 0.325 e. The van der Waals surface area contributed by atoms with E-state index < -0.39 is 18.0 Å². The first-order valence-corrected chi connectivity index (χ1v) is 5.31. The zero-order valence-electron chi connectivity index (χ0n) is 10.1. The number of benzene rings is 1. The minimum atomic E-state index is -1.11. The Morgan fingerprint density at radius 2 is 1.72 bits per heavy atom. The van der Waals surface area contributed by atoms with E-state index in [1.165, 1.54) is 13.8 Å². The van der Waals surface area contributed by atoms with Crippen LogP contribution in [0.1, 0.15) is 24.2 Å². The maximum absolute atomic E-state index is 11.4. The molecular weight excluding hydrogens is 236 g/mol. The molecule has 1 aromatic rings. The number of hydrogen-bond acceptors (Lipinski definition) is 3. The monoisotopic (exact) mass is 250 g/mol. The Bertz CT molecular complexity index is 467. The Hall–Kier alpha value is -2.37. The molecule has 3 N–H and O–H groups in total. The van der Waals surface area contributed by atoms with Crippen LogP contribution in [0.3, 0.4) is 0 Å². The zero-order valence-corrected chi connectivity index (χ0v) is 10.1. The van der Waals surface area contributed by atoms with Crippen molar-refractivity contribution < 1.29 is 19.5 Å². The molecule has 0 spiro atoms. The number of hydrogen-bond donors (Lipinski definition) is 3. The van der Waals surface area contributed by atoms with Gasteiger partial charge in [0.1, 0.15) is 6.04 Å². The molecule has 0 bridgehead atoms. The SMILES string of the molecule is CC(=O)c1ccc(NC(=O)N[C@H](C)C(=O)O)cc1. The molecule has 96 valence electrons. The van der Waals surface area contributed by atoms with E-state index in [4.69, 9.17) is 5.11 Å². The van der Waals surface area contributed by atoms with Gasteiger partial charge in [0, 0.05) is 11.3 Å². The molecule has 0 saturated carbocycles. The average Bonchev–Trinajstić information content (AvgIpc) is 2.29. The van der Waals surface area contributed by atoms with E-state index in [1.54, 1.807) is 24.3 Å². The molecule has 6 heteroatoms. The summed E-state index contributed by atoms with van der Waals surface area (Å²) in [6.45, 7) is 2.81. The van der Waals surface area contributed by atoms with E-state index in [0.29, 0.717) is 11.3 Å². The zero-order chi connectivity index (χ0) is 13.7. The number of carbonyl (C=O) groups is 3. The van der Waals surface area contributed by atoms with Gasteiger partial charge in [-0.3, -0.25) is 9.59 Å². The number of anilines is 1. The van der Waals surface area contributed by atoms with Crippen LogP contribution in [0.5, 0.6) is 0 Å². The summed E-state index contributed by atoms with van der Waals surface area (Å²) in [6, 6.07) is 4.72. The van der Waals surface area contributed by atoms with Gasteiger partial charge in [-0.1, -0.05) is 0 Å². The van der Waals surface area contributed by atoms with Crippen molar-refractivity contribution in [3.8, 4) is 0 Å². The summed E-state index contributed by atoms with van der Waals surface area (Å²) in [7, 11) is 0. The van der Waals surface area contributed by atoms with Crippen molar-refractivity contribution >= 4 is 23.5 Å². The van der Waals surface area contributed by atoms with Crippen molar-refractivity contribution in [2.45, 2.75) is 19.9 Å². The largest absolute Gasteiger partial charge is 0.480 e. The van der Waals surface area contributed by atoms with Crippen LogP contribution in [0.2, 0.25) is 0 Å². The van der Waals surface area contributed by atoms with E-state index in [1.807, 2.05) is 0 Å². The number of nitrogens with one attached hydrogen (secondary N) is 2. The highest BCUT2D eigenvalue weighted by atomic mass is 16.4. The topological polar surface area (TPSA) is 95.5 Å². The molecule has 0 aromatic heterocycles. The van der Waals surface area contributed by atoms with Crippen molar-refractivity contribution in [2.24, 2.45) is 0 Å². The highest BCUT2D eigenvalue weighted by molar-refractivity contribution is 5.95. The second-order valence-electron chi connectivity index (χ2n) is 3.79. The summed E-state index contributed by atoms with van der Waals surface area (Å²) in [5.41, 5.74) is 1.02. The highest BCUT2D eigenvalue weighted by Gasteiger charge is 2.13. The molecule has 1 atom stereocenters. The van der Waals surface area contributed by atoms with E-state index >= 15 is 0 Å². The van der Waals surface area contributed by atoms with Crippen molar-refractivity contribution in [1.29, 1.82) is 0 Å². The maximum Gasteiger partial charge on any atom is 0.325 e. The summed E-state index contributed by atoms with van der Waals surface area (Å²) in [6.07, 6.45) is 0. The molecule has 18 heavy (non-hydrogen) atoms. The molecular formula is C12H14N2O4. The maximum atomic E-state index is 11.4. The standard InChI is InChI=1S/C12H14N2O4/c1-7(11(16)17)13-12(18)14-10-5-3-9(4-6-10)8(2)15/h3-7H,1-2H3,(H,16,17)(H2,13,14,18)/t7-/m1/s1. The summed E-state index contributed by atoms with van der Waals surface area (Å²) in [5.74, 6) is -1.18. The molecule has 0 heterocycles. The van der Waals surface area contributed by atoms with E-state index in [-0.39, 0.29) is 5.78 Å². The molecule has 0 aliphatic rings. The third kappa shape index (κ3) is 3.89. The average molecular weight is 250 g/mol. The van der Waals surface area contributed by atoms with Crippen LogP contribution in [0.25, 0.3) is 0 Å². The molecule has 6 nitrogen and oxygen atoms in total. The lowest BCUT2D eigenvalue weighted by atomic mass is 10.1. The van der Waals surface area contributed by atoms with Crippen LogP contribution >= 0.6 is 0 Å². The predicted molar refractivity (Wildman–Crippen MR) is 65.7 cm³/mol. The third-order valence-electron chi connectivity index (χ3n) is 2.27. The Balaban J connectivity index is 2.60. The molecule has 0 saturated heterocycles. The van der Waals surface area contributed by atoms with Crippen molar-refractivity contribution in [3.63, 3.8) is 0 Å². The van der Waals surface area contributed by atoms with E-state index in [0.717, 1.165) is 0 Å². The summed E-state index contributed by atoms with van der Waals surface area (Å²) < 4.78 is 0. The highest BCUT2D eigenvalue weighted by Crippen LogP contribution is 2.09. The molecule has 1 aromatic carbocycles. The van der Waals surface area contributed by atoms with Crippen molar-refractivity contribution in [1.82, 2.24) is 5.32 Å². The second kappa shape index (κ2) is 5.81. The van der Waals surface area contributed by atoms with Gasteiger partial charge < -0.3 is 15.7 Å². The minimum Gasteiger partial charge on any atom is -0.480 e. The van der Waals surface area contributed by atoms with Crippen molar-refractivity contribution in [2.75, 3.05) is 5.32 Å². The fraction of sp³-hybridized carbons (Fsp3) is 0.250. The normalized spacial score (nSPS) is 11.4. The number of urea groups is 1. The molecule has 0 aliphatic carbocycles. The number of ketones is 1. The number of amides is 2. The lowest BCUT2D eigenvalue weighted by Crippen LogP contribution is -2.40. The fourth-order valence-electron chi connectivity index (χ4n) is 1.21. The van der Waals surface area contributed by atoms with Gasteiger partial charge >= 0.3 is 12.0 Å². The minimum absolute atomic E-state index is 0.0644. The van der Waals surface area contributed by atoms with Gasteiger partial charge in [0.15, 0.2) is 5.78 Å². The van der Waals surface area contributed by atoms with Crippen molar-refractivity contribution in [3.05, 3.63) is 29.8 Å². The fourth-order valence-corrected chi connectivity index (χ4v) is 1.21. The van der Waals surface area contributed by atoms with Crippen LogP contribution in [0.4, 0.5) is 10.5 Å². The van der Waals surface area contributed by atoms with Gasteiger partial charge in [0.2, 0.25) is 0 Å².